The van der Waals surface area contributed by atoms with Crippen molar-refractivity contribution in [1.29, 1.82) is 0 Å². The predicted molar refractivity (Wildman–Crippen MR) is 149 cm³/mol. The van der Waals surface area contributed by atoms with Crippen molar-refractivity contribution in [1.82, 2.24) is 20.9 Å². The average molecular weight is 523 g/mol. The number of urea groups is 1. The van der Waals surface area contributed by atoms with Crippen LogP contribution in [0.15, 0.2) is 54.6 Å². The average Bonchev–Trinajstić information content (AvgIpc) is 2.93. The molecule has 1 aliphatic heterocycles. The molecule has 3 rings (SSSR count). The van der Waals surface area contributed by atoms with E-state index in [2.05, 4.69) is 16.0 Å². The summed E-state index contributed by atoms with van der Waals surface area (Å²) < 4.78 is 6.03. The Bertz CT molecular complexity index is 1050. The molecular formula is C30H42N4O4. The van der Waals surface area contributed by atoms with Gasteiger partial charge in [0.2, 0.25) is 11.8 Å². The fourth-order valence-electron chi connectivity index (χ4n) is 4.70. The molecule has 0 spiro atoms. The normalized spacial score (nSPS) is 20.9. The van der Waals surface area contributed by atoms with E-state index in [9.17, 15) is 14.4 Å². The Morgan fingerprint density at radius 3 is 2.45 bits per heavy atom. The van der Waals surface area contributed by atoms with Crippen LogP contribution >= 0.6 is 0 Å². The lowest BCUT2D eigenvalue weighted by molar-refractivity contribution is -0.127. The van der Waals surface area contributed by atoms with Gasteiger partial charge >= 0.3 is 6.03 Å². The summed E-state index contributed by atoms with van der Waals surface area (Å²) in [5, 5.41) is 8.91. The van der Waals surface area contributed by atoms with Crippen LogP contribution in [0, 0.1) is 5.92 Å². The molecule has 0 aromatic heterocycles. The third kappa shape index (κ3) is 8.31. The third-order valence-electron chi connectivity index (χ3n) is 7.02. The van der Waals surface area contributed by atoms with Gasteiger partial charge in [-0.3, -0.25) is 14.9 Å². The molecule has 1 aliphatic rings. The van der Waals surface area contributed by atoms with Crippen LogP contribution in [0.25, 0.3) is 0 Å². The minimum absolute atomic E-state index is 0.000194. The summed E-state index contributed by atoms with van der Waals surface area (Å²) in [6.45, 7) is 7.62. The molecular weight excluding hydrogens is 480 g/mol. The minimum Gasteiger partial charge on any atom is -0.492 e. The number of imide groups is 1. The zero-order chi connectivity index (χ0) is 27.3. The van der Waals surface area contributed by atoms with Crippen molar-refractivity contribution in [3.8, 4) is 5.75 Å². The van der Waals surface area contributed by atoms with E-state index >= 15 is 0 Å². The van der Waals surface area contributed by atoms with Crippen LogP contribution in [-0.2, 0) is 22.4 Å². The Morgan fingerprint density at radius 2 is 1.71 bits per heavy atom. The Labute approximate surface area is 226 Å². The number of nitrogens with zero attached hydrogens (tertiary/aromatic N) is 1. The lowest BCUT2D eigenvalue weighted by Gasteiger charge is -2.32. The number of hydrogen-bond donors (Lipinski definition) is 3. The van der Waals surface area contributed by atoms with Crippen molar-refractivity contribution in [3.05, 3.63) is 65.7 Å². The summed E-state index contributed by atoms with van der Waals surface area (Å²) in [6.07, 6.45) is 3.26. The zero-order valence-electron chi connectivity index (χ0n) is 22.9. The third-order valence-corrected chi connectivity index (χ3v) is 7.02. The second-order valence-electron chi connectivity index (χ2n) is 9.86. The van der Waals surface area contributed by atoms with Crippen LogP contribution in [0.5, 0.6) is 5.75 Å². The molecule has 38 heavy (non-hydrogen) atoms. The van der Waals surface area contributed by atoms with E-state index in [-0.39, 0.29) is 11.8 Å². The molecule has 8 heteroatoms. The summed E-state index contributed by atoms with van der Waals surface area (Å²) in [5.74, 6) is 0.186. The first kappa shape index (κ1) is 29.2. The van der Waals surface area contributed by atoms with Gasteiger partial charge in [0, 0.05) is 26.1 Å². The summed E-state index contributed by atoms with van der Waals surface area (Å²) in [5.41, 5.74) is 2.02. The minimum atomic E-state index is -0.744. The van der Waals surface area contributed by atoms with E-state index < -0.39 is 24.0 Å². The summed E-state index contributed by atoms with van der Waals surface area (Å²) in [4.78, 5) is 41.8. The molecule has 0 aliphatic carbocycles. The lowest BCUT2D eigenvalue weighted by Crippen LogP contribution is -2.58. The van der Waals surface area contributed by atoms with Crippen molar-refractivity contribution >= 4 is 17.8 Å². The predicted octanol–water partition coefficient (Wildman–Crippen LogP) is 3.69. The number of nitrogens with one attached hydrogen (secondary N) is 3. The smallest absolute Gasteiger partial charge is 0.324 e. The maximum absolute atomic E-state index is 13.5. The van der Waals surface area contributed by atoms with Gasteiger partial charge in [-0.05, 0) is 42.4 Å². The van der Waals surface area contributed by atoms with Gasteiger partial charge in [0.25, 0.3) is 0 Å². The summed E-state index contributed by atoms with van der Waals surface area (Å²) >= 11 is 0. The Kier molecular flexibility index (Phi) is 11.6. The van der Waals surface area contributed by atoms with Crippen molar-refractivity contribution in [2.45, 2.75) is 65.0 Å². The number of ether oxygens (including phenoxy) is 1. The maximum Gasteiger partial charge on any atom is 0.324 e. The fraction of sp³-hybridized carbons (Fsp3) is 0.500. The van der Waals surface area contributed by atoms with Gasteiger partial charge in [0.05, 0.1) is 6.04 Å². The highest BCUT2D eigenvalue weighted by molar-refractivity contribution is 5.98. The van der Waals surface area contributed by atoms with Gasteiger partial charge in [0.1, 0.15) is 18.4 Å². The van der Waals surface area contributed by atoms with Crippen LogP contribution in [0.3, 0.4) is 0 Å². The van der Waals surface area contributed by atoms with E-state index in [0.29, 0.717) is 39.1 Å². The molecule has 8 nitrogen and oxygen atoms in total. The summed E-state index contributed by atoms with van der Waals surface area (Å²) in [6, 6.07) is 15.7. The topological polar surface area (TPSA) is 99.8 Å². The molecule has 3 atom stereocenters. The Balaban J connectivity index is 1.90. The molecule has 1 heterocycles. The van der Waals surface area contributed by atoms with Crippen molar-refractivity contribution in [3.63, 3.8) is 0 Å². The Morgan fingerprint density at radius 1 is 0.974 bits per heavy atom. The molecule has 4 amide bonds. The van der Waals surface area contributed by atoms with Gasteiger partial charge in [-0.2, -0.15) is 0 Å². The number of hydrogen-bond acceptors (Lipinski definition) is 5. The first-order valence-corrected chi connectivity index (χ1v) is 13.8. The van der Waals surface area contributed by atoms with E-state index in [0.717, 1.165) is 36.1 Å². The van der Waals surface area contributed by atoms with E-state index in [1.54, 1.807) is 0 Å². The van der Waals surface area contributed by atoms with Gasteiger partial charge in [-0.15, -0.1) is 0 Å². The van der Waals surface area contributed by atoms with Gasteiger partial charge in [-0.1, -0.05) is 75.7 Å². The SMILES string of the molecule is CCCN1C(=O)NC(=O)C(C(C)CC)NCCOc2ccccc2CCCNC(=O)[C@H]1Cc1ccccc1. The van der Waals surface area contributed by atoms with Gasteiger partial charge in [-0.25, -0.2) is 4.79 Å². The highest BCUT2D eigenvalue weighted by Crippen LogP contribution is 2.20. The molecule has 0 bridgehead atoms. The van der Waals surface area contributed by atoms with Crippen LogP contribution in [-0.4, -0.2) is 61.1 Å². The molecule has 3 N–H and O–H groups in total. The number of carbonyl (C=O) groups excluding carboxylic acids is 3. The number of para-hydroxylation sites is 1. The van der Waals surface area contributed by atoms with Crippen molar-refractivity contribution < 1.29 is 19.1 Å². The molecule has 2 aromatic rings. The zero-order valence-corrected chi connectivity index (χ0v) is 22.9. The molecule has 0 fully saturated rings. The van der Waals surface area contributed by atoms with E-state index in [1.165, 1.54) is 4.90 Å². The molecule has 0 radical (unpaired) electrons. The summed E-state index contributed by atoms with van der Waals surface area (Å²) in [7, 11) is 0. The van der Waals surface area contributed by atoms with Gasteiger partial charge in [0.15, 0.2) is 0 Å². The molecule has 0 saturated carbocycles. The molecule has 206 valence electrons. The maximum atomic E-state index is 13.5. The first-order valence-electron chi connectivity index (χ1n) is 13.8. The lowest BCUT2D eigenvalue weighted by atomic mass is 9.98. The molecule has 2 aromatic carbocycles. The standard InChI is InChI=1S/C30H42N4O4/c1-4-19-34-25(21-23-12-7-6-8-13-23)28(35)32-17-11-15-24-14-9-10-16-26(24)38-20-18-31-27(22(3)5-2)29(36)33-30(34)37/h6-10,12-14,16,22,25,27,31H,4-5,11,15,17-21H2,1-3H3,(H,32,35)(H,33,36,37)/t22?,25-,27?/m1/s1. The number of rotatable bonds is 6. The number of aryl methyl sites for hydroxylation is 1. The highest BCUT2D eigenvalue weighted by atomic mass is 16.5. The molecule has 0 saturated heterocycles. The number of fused-ring (bicyclic) bond motifs is 1. The van der Waals surface area contributed by atoms with Crippen molar-refractivity contribution in [2.24, 2.45) is 5.92 Å². The largest absolute Gasteiger partial charge is 0.492 e. The second-order valence-corrected chi connectivity index (χ2v) is 9.86. The van der Waals surface area contributed by atoms with E-state index in [1.807, 2.05) is 75.4 Å². The number of carbonyl (C=O) groups is 3. The van der Waals surface area contributed by atoms with Crippen molar-refractivity contribution in [2.75, 3.05) is 26.2 Å². The Hall–Kier alpha value is -3.39. The number of amides is 4. The highest BCUT2D eigenvalue weighted by Gasteiger charge is 2.32. The second kappa shape index (κ2) is 15.1. The fourth-order valence-corrected chi connectivity index (χ4v) is 4.70. The van der Waals surface area contributed by atoms with Crippen LogP contribution in [0.1, 0.15) is 51.2 Å². The van der Waals surface area contributed by atoms with Crippen LogP contribution in [0.2, 0.25) is 0 Å². The number of benzene rings is 2. The molecule has 2 unspecified atom stereocenters. The van der Waals surface area contributed by atoms with Crippen LogP contribution in [0.4, 0.5) is 4.79 Å². The monoisotopic (exact) mass is 522 g/mol. The van der Waals surface area contributed by atoms with Crippen LogP contribution < -0.4 is 20.7 Å². The first-order chi connectivity index (χ1) is 18.4. The van der Waals surface area contributed by atoms with Gasteiger partial charge < -0.3 is 20.3 Å². The van der Waals surface area contributed by atoms with E-state index in [4.69, 9.17) is 4.74 Å². The quantitative estimate of drug-likeness (QED) is 0.537.